The molecule has 2 aromatic carbocycles. The lowest BCUT2D eigenvalue weighted by atomic mass is 10.2. The van der Waals surface area contributed by atoms with Crippen LogP contribution >= 0.6 is 0 Å². The SMILES string of the molecule is O=C(Cn1c(=O)oc2ccccc21)NCc1ccc(-n2ccnc2)c(F)c1. The van der Waals surface area contributed by atoms with Gasteiger partial charge in [0.2, 0.25) is 5.91 Å². The molecule has 0 unspecified atom stereocenters. The smallest absolute Gasteiger partial charge is 0.408 e. The van der Waals surface area contributed by atoms with Crippen molar-refractivity contribution < 1.29 is 13.6 Å². The summed E-state index contributed by atoms with van der Waals surface area (Å²) in [6, 6.07) is 11.6. The fourth-order valence-electron chi connectivity index (χ4n) is 2.84. The summed E-state index contributed by atoms with van der Waals surface area (Å²) >= 11 is 0. The van der Waals surface area contributed by atoms with E-state index in [4.69, 9.17) is 4.42 Å². The minimum absolute atomic E-state index is 0.143. The van der Waals surface area contributed by atoms with Crippen molar-refractivity contribution in [1.82, 2.24) is 19.4 Å². The van der Waals surface area contributed by atoms with Crippen LogP contribution in [0.25, 0.3) is 16.8 Å². The molecule has 0 aliphatic heterocycles. The van der Waals surface area contributed by atoms with E-state index in [1.54, 1.807) is 53.4 Å². The molecule has 0 fully saturated rings. The summed E-state index contributed by atoms with van der Waals surface area (Å²) in [6.07, 6.45) is 4.72. The third kappa shape index (κ3) is 3.37. The van der Waals surface area contributed by atoms with Crippen LogP contribution in [0, 0.1) is 5.82 Å². The lowest BCUT2D eigenvalue weighted by Crippen LogP contribution is -2.30. The first-order valence-electron chi connectivity index (χ1n) is 8.23. The lowest BCUT2D eigenvalue weighted by molar-refractivity contribution is -0.121. The van der Waals surface area contributed by atoms with Crippen LogP contribution in [0.15, 0.2) is 70.4 Å². The Morgan fingerprint density at radius 3 is 2.85 bits per heavy atom. The van der Waals surface area contributed by atoms with Crippen molar-refractivity contribution in [2.45, 2.75) is 13.1 Å². The van der Waals surface area contributed by atoms with Gasteiger partial charge in [0, 0.05) is 18.9 Å². The van der Waals surface area contributed by atoms with E-state index in [0.717, 1.165) is 0 Å². The molecule has 0 saturated heterocycles. The molecule has 2 aromatic heterocycles. The molecule has 0 radical (unpaired) electrons. The van der Waals surface area contributed by atoms with Crippen LogP contribution in [0.2, 0.25) is 0 Å². The summed E-state index contributed by atoms with van der Waals surface area (Å²) in [7, 11) is 0. The minimum atomic E-state index is -0.595. The summed E-state index contributed by atoms with van der Waals surface area (Å²) in [5, 5.41) is 2.68. The van der Waals surface area contributed by atoms with Crippen LogP contribution in [0.4, 0.5) is 4.39 Å². The molecule has 0 bridgehead atoms. The van der Waals surface area contributed by atoms with Crippen LogP contribution in [0.3, 0.4) is 0 Å². The summed E-state index contributed by atoms with van der Waals surface area (Å²) < 4.78 is 22.2. The molecule has 0 spiro atoms. The number of halogens is 1. The fraction of sp³-hybridized carbons (Fsp3) is 0.105. The lowest BCUT2D eigenvalue weighted by Gasteiger charge is -2.08. The van der Waals surface area contributed by atoms with Gasteiger partial charge in [-0.05, 0) is 29.8 Å². The number of imidazole rings is 1. The van der Waals surface area contributed by atoms with Gasteiger partial charge in [0.05, 0.1) is 17.5 Å². The number of para-hydroxylation sites is 2. The monoisotopic (exact) mass is 366 g/mol. The molecule has 27 heavy (non-hydrogen) atoms. The highest BCUT2D eigenvalue weighted by atomic mass is 19.1. The number of fused-ring (bicyclic) bond motifs is 1. The van der Waals surface area contributed by atoms with Crippen LogP contribution in [-0.4, -0.2) is 20.0 Å². The van der Waals surface area contributed by atoms with Gasteiger partial charge in [-0.3, -0.25) is 9.36 Å². The molecule has 1 amide bonds. The number of rotatable bonds is 5. The third-order valence-corrected chi connectivity index (χ3v) is 4.16. The first kappa shape index (κ1) is 16.8. The molecule has 7 nitrogen and oxygen atoms in total. The summed E-state index contributed by atoms with van der Waals surface area (Å²) in [5.74, 6) is -1.39. The number of amides is 1. The molecule has 0 saturated carbocycles. The van der Waals surface area contributed by atoms with Gasteiger partial charge in [0.15, 0.2) is 5.58 Å². The number of nitrogens with zero attached hydrogens (tertiary/aromatic N) is 3. The Morgan fingerprint density at radius 2 is 2.07 bits per heavy atom. The van der Waals surface area contributed by atoms with E-state index in [-0.39, 0.29) is 19.0 Å². The Kier molecular flexibility index (Phi) is 4.29. The zero-order valence-corrected chi connectivity index (χ0v) is 14.1. The first-order valence-corrected chi connectivity index (χ1v) is 8.23. The topological polar surface area (TPSA) is 82.1 Å². The van der Waals surface area contributed by atoms with Crippen molar-refractivity contribution in [3.63, 3.8) is 0 Å². The number of benzene rings is 2. The number of carbonyl (C=O) groups is 1. The van der Waals surface area contributed by atoms with Gasteiger partial charge in [0.25, 0.3) is 0 Å². The Morgan fingerprint density at radius 1 is 1.22 bits per heavy atom. The number of carbonyl (C=O) groups excluding carboxylic acids is 1. The number of oxazole rings is 1. The molecule has 4 aromatic rings. The highest BCUT2D eigenvalue weighted by Gasteiger charge is 2.12. The van der Waals surface area contributed by atoms with Gasteiger partial charge in [-0.25, -0.2) is 14.2 Å². The molecule has 0 aliphatic carbocycles. The molecule has 8 heteroatoms. The van der Waals surface area contributed by atoms with Crippen molar-refractivity contribution >= 4 is 17.0 Å². The predicted molar refractivity (Wildman–Crippen MR) is 95.8 cm³/mol. The van der Waals surface area contributed by atoms with Gasteiger partial charge in [-0.15, -0.1) is 0 Å². The number of hydrogen-bond acceptors (Lipinski definition) is 4. The van der Waals surface area contributed by atoms with E-state index >= 15 is 0 Å². The average Bonchev–Trinajstić information content (AvgIpc) is 3.29. The Hall–Kier alpha value is -3.68. The van der Waals surface area contributed by atoms with E-state index < -0.39 is 11.6 Å². The second-order valence-electron chi connectivity index (χ2n) is 5.95. The van der Waals surface area contributed by atoms with Gasteiger partial charge < -0.3 is 14.3 Å². The van der Waals surface area contributed by atoms with Crippen molar-refractivity contribution in [2.75, 3.05) is 0 Å². The van der Waals surface area contributed by atoms with Crippen LogP contribution in [-0.2, 0) is 17.9 Å². The molecule has 136 valence electrons. The van der Waals surface area contributed by atoms with Gasteiger partial charge >= 0.3 is 5.76 Å². The van der Waals surface area contributed by atoms with Crippen LogP contribution in [0.5, 0.6) is 0 Å². The quantitative estimate of drug-likeness (QED) is 0.587. The van der Waals surface area contributed by atoms with E-state index in [0.29, 0.717) is 22.4 Å². The zero-order chi connectivity index (χ0) is 18.8. The average molecular weight is 366 g/mol. The predicted octanol–water partition coefficient (Wildman–Crippen LogP) is 2.24. The molecule has 4 rings (SSSR count). The minimum Gasteiger partial charge on any atom is -0.408 e. The van der Waals surface area contributed by atoms with E-state index in [2.05, 4.69) is 10.3 Å². The third-order valence-electron chi connectivity index (χ3n) is 4.16. The molecule has 2 heterocycles. The Balaban J connectivity index is 1.44. The fourth-order valence-corrected chi connectivity index (χ4v) is 2.84. The van der Waals surface area contributed by atoms with E-state index in [9.17, 15) is 14.0 Å². The highest BCUT2D eigenvalue weighted by Crippen LogP contribution is 2.15. The highest BCUT2D eigenvalue weighted by molar-refractivity contribution is 5.79. The largest absolute Gasteiger partial charge is 0.420 e. The van der Waals surface area contributed by atoms with Crippen molar-refractivity contribution in [3.8, 4) is 5.69 Å². The summed E-state index contributed by atoms with van der Waals surface area (Å²) in [5.41, 5.74) is 1.95. The summed E-state index contributed by atoms with van der Waals surface area (Å²) in [4.78, 5) is 28.0. The second-order valence-corrected chi connectivity index (χ2v) is 5.95. The summed E-state index contributed by atoms with van der Waals surface area (Å²) in [6.45, 7) is -0.0318. The van der Waals surface area contributed by atoms with Crippen molar-refractivity contribution in [1.29, 1.82) is 0 Å². The zero-order valence-electron chi connectivity index (χ0n) is 14.1. The maximum absolute atomic E-state index is 14.3. The molecular formula is C19H15FN4O3. The van der Waals surface area contributed by atoms with Gasteiger partial charge in [-0.2, -0.15) is 0 Å². The standard InChI is InChI=1S/C19H15FN4O3/c20-14-9-13(5-6-15(14)23-8-7-21-12-23)10-22-18(25)11-24-16-3-1-2-4-17(16)27-19(24)26/h1-9,12H,10-11H2,(H,22,25). The number of hydrogen-bond donors (Lipinski definition) is 1. The Labute approximate surface area is 152 Å². The van der Waals surface area contributed by atoms with E-state index in [1.807, 2.05) is 0 Å². The molecule has 0 aliphatic rings. The van der Waals surface area contributed by atoms with E-state index in [1.165, 1.54) is 17.0 Å². The normalized spacial score (nSPS) is 11.0. The maximum atomic E-state index is 14.3. The second kappa shape index (κ2) is 6.91. The van der Waals surface area contributed by atoms with Gasteiger partial charge in [0.1, 0.15) is 12.4 Å². The van der Waals surface area contributed by atoms with Gasteiger partial charge in [-0.1, -0.05) is 18.2 Å². The van der Waals surface area contributed by atoms with Crippen molar-refractivity contribution in [2.24, 2.45) is 0 Å². The number of nitrogens with one attached hydrogen (secondary N) is 1. The maximum Gasteiger partial charge on any atom is 0.420 e. The van der Waals surface area contributed by atoms with Crippen LogP contribution in [0.1, 0.15) is 5.56 Å². The van der Waals surface area contributed by atoms with Crippen molar-refractivity contribution in [3.05, 3.63) is 83.1 Å². The van der Waals surface area contributed by atoms with Crippen LogP contribution < -0.4 is 11.1 Å². The molecular weight excluding hydrogens is 351 g/mol. The number of aromatic nitrogens is 3. The molecule has 1 N–H and O–H groups in total. The Bertz CT molecular complexity index is 1160. The molecule has 0 atom stereocenters. The first-order chi connectivity index (χ1) is 13.1.